The summed E-state index contributed by atoms with van der Waals surface area (Å²) in [5.74, 6) is 0. The third-order valence-electron chi connectivity index (χ3n) is 2.29. The Kier molecular flexibility index (Phi) is 3.74. The van der Waals surface area contributed by atoms with Crippen LogP contribution in [0.4, 0.5) is 0 Å². The summed E-state index contributed by atoms with van der Waals surface area (Å²) in [6.07, 6.45) is 1.92. The van der Waals surface area contributed by atoms with E-state index in [2.05, 4.69) is 20.9 Å². The first-order chi connectivity index (χ1) is 7.65. The van der Waals surface area contributed by atoms with E-state index in [1.165, 1.54) is 0 Å². The van der Waals surface area contributed by atoms with E-state index in [-0.39, 0.29) is 0 Å². The molecular formula is C12H12BrNOS. The van der Waals surface area contributed by atoms with Crippen LogP contribution >= 0.6 is 27.3 Å². The largest absolute Gasteiger partial charge is 0.387 e. The summed E-state index contributed by atoms with van der Waals surface area (Å²) in [5, 5.41) is 11.0. The molecule has 0 radical (unpaired) electrons. The van der Waals surface area contributed by atoms with Crippen molar-refractivity contribution in [1.82, 2.24) is 4.98 Å². The fourth-order valence-electron chi connectivity index (χ4n) is 1.52. The molecule has 84 valence electrons. The van der Waals surface area contributed by atoms with Crippen LogP contribution in [-0.4, -0.2) is 10.1 Å². The predicted octanol–water partition coefficient (Wildman–Crippen LogP) is 3.49. The molecule has 0 spiro atoms. The van der Waals surface area contributed by atoms with Crippen LogP contribution in [0.5, 0.6) is 0 Å². The van der Waals surface area contributed by atoms with Gasteiger partial charge in [0, 0.05) is 17.1 Å². The molecule has 0 aliphatic carbocycles. The molecule has 1 aromatic heterocycles. The first-order valence-electron chi connectivity index (χ1n) is 5.00. The number of aliphatic hydroxyl groups excluding tert-OH is 1. The smallest absolute Gasteiger partial charge is 0.0938 e. The molecule has 4 heteroatoms. The second-order valence-electron chi connectivity index (χ2n) is 3.63. The summed E-state index contributed by atoms with van der Waals surface area (Å²) >= 11 is 4.97. The Hall–Kier alpha value is -0.710. The number of rotatable bonds is 3. The predicted molar refractivity (Wildman–Crippen MR) is 69.7 cm³/mol. The van der Waals surface area contributed by atoms with Crippen LogP contribution in [-0.2, 0) is 6.42 Å². The lowest BCUT2D eigenvalue weighted by atomic mass is 10.1. The zero-order chi connectivity index (χ0) is 11.5. The lowest BCUT2D eigenvalue weighted by Crippen LogP contribution is -1.99. The highest BCUT2D eigenvalue weighted by Gasteiger charge is 2.11. The average molecular weight is 298 g/mol. The molecule has 0 fully saturated rings. The van der Waals surface area contributed by atoms with E-state index < -0.39 is 6.10 Å². The molecule has 0 saturated carbocycles. The molecule has 2 aromatic rings. The maximum atomic E-state index is 10.0. The van der Waals surface area contributed by atoms with Gasteiger partial charge in [-0.05, 0) is 24.6 Å². The zero-order valence-corrected chi connectivity index (χ0v) is 11.3. The van der Waals surface area contributed by atoms with E-state index in [4.69, 9.17) is 0 Å². The molecule has 0 amide bonds. The van der Waals surface area contributed by atoms with Crippen LogP contribution in [0.1, 0.15) is 21.6 Å². The summed E-state index contributed by atoms with van der Waals surface area (Å²) in [5.41, 5.74) is 1.12. The number of benzene rings is 1. The lowest BCUT2D eigenvalue weighted by Gasteiger charge is -2.08. The van der Waals surface area contributed by atoms with E-state index in [1.54, 1.807) is 17.5 Å². The van der Waals surface area contributed by atoms with Gasteiger partial charge in [-0.1, -0.05) is 28.1 Å². The van der Waals surface area contributed by atoms with Crippen molar-refractivity contribution in [3.63, 3.8) is 0 Å². The number of aliphatic hydroxyl groups is 1. The van der Waals surface area contributed by atoms with Gasteiger partial charge in [0.2, 0.25) is 0 Å². The minimum Gasteiger partial charge on any atom is -0.387 e. The van der Waals surface area contributed by atoms with Crippen molar-refractivity contribution in [3.05, 3.63) is 50.4 Å². The highest BCUT2D eigenvalue weighted by atomic mass is 79.9. The number of hydrogen-bond donors (Lipinski definition) is 1. The van der Waals surface area contributed by atoms with Gasteiger partial charge in [0.05, 0.1) is 16.0 Å². The molecule has 0 aliphatic heterocycles. The minimum absolute atomic E-state index is 0.458. The van der Waals surface area contributed by atoms with Gasteiger partial charge in [-0.25, -0.2) is 4.98 Å². The molecule has 1 unspecified atom stereocenters. The van der Waals surface area contributed by atoms with Gasteiger partial charge in [-0.3, -0.25) is 0 Å². The van der Waals surface area contributed by atoms with Crippen LogP contribution < -0.4 is 0 Å². The summed E-state index contributed by atoms with van der Waals surface area (Å²) in [6, 6.07) is 8.00. The molecule has 1 N–H and O–H groups in total. The van der Waals surface area contributed by atoms with Crippen LogP contribution in [0, 0.1) is 6.92 Å². The normalized spacial score (nSPS) is 12.7. The maximum absolute atomic E-state index is 10.0. The van der Waals surface area contributed by atoms with Gasteiger partial charge in [0.1, 0.15) is 0 Å². The molecule has 2 rings (SSSR count). The van der Waals surface area contributed by atoms with E-state index >= 15 is 0 Å². The molecule has 1 heterocycles. The van der Waals surface area contributed by atoms with E-state index in [0.29, 0.717) is 6.42 Å². The Morgan fingerprint density at radius 2 is 2.31 bits per heavy atom. The molecule has 0 bridgehead atoms. The van der Waals surface area contributed by atoms with E-state index in [1.807, 2.05) is 31.2 Å². The molecule has 1 atom stereocenters. The second kappa shape index (κ2) is 5.08. The summed E-state index contributed by atoms with van der Waals surface area (Å²) in [6.45, 7) is 1.94. The van der Waals surface area contributed by atoms with Crippen LogP contribution in [0.15, 0.2) is 34.9 Å². The molecule has 0 saturated heterocycles. The monoisotopic (exact) mass is 297 g/mol. The van der Waals surface area contributed by atoms with Crippen molar-refractivity contribution in [2.45, 2.75) is 19.4 Å². The topological polar surface area (TPSA) is 33.1 Å². The number of thiazole rings is 1. The molecular weight excluding hydrogens is 286 g/mol. The molecule has 0 aliphatic rings. The number of aryl methyl sites for hydroxylation is 1. The van der Waals surface area contributed by atoms with E-state index in [0.717, 1.165) is 19.9 Å². The molecule has 2 nitrogen and oxygen atoms in total. The summed E-state index contributed by atoms with van der Waals surface area (Å²) < 4.78 is 1.04. The fourth-order valence-corrected chi connectivity index (χ4v) is 2.74. The van der Waals surface area contributed by atoms with Crippen molar-refractivity contribution >= 4 is 27.3 Å². The zero-order valence-electron chi connectivity index (χ0n) is 8.85. The van der Waals surface area contributed by atoms with Gasteiger partial charge in [-0.15, -0.1) is 11.3 Å². The maximum Gasteiger partial charge on any atom is 0.0938 e. The summed E-state index contributed by atoms with van der Waals surface area (Å²) in [7, 11) is 0. The Morgan fingerprint density at radius 3 is 2.94 bits per heavy atom. The van der Waals surface area contributed by atoms with Gasteiger partial charge in [0.25, 0.3) is 0 Å². The minimum atomic E-state index is -0.458. The SMILES string of the molecule is Cc1ncc(C(O)Cc2cccc(Br)c2)s1. The highest BCUT2D eigenvalue weighted by Crippen LogP contribution is 2.24. The van der Waals surface area contributed by atoms with Gasteiger partial charge < -0.3 is 5.11 Å². The molecule has 1 aromatic carbocycles. The highest BCUT2D eigenvalue weighted by molar-refractivity contribution is 9.10. The van der Waals surface area contributed by atoms with Gasteiger partial charge in [0.15, 0.2) is 0 Å². The number of hydrogen-bond acceptors (Lipinski definition) is 3. The van der Waals surface area contributed by atoms with Crippen molar-refractivity contribution in [2.24, 2.45) is 0 Å². The van der Waals surface area contributed by atoms with Gasteiger partial charge >= 0.3 is 0 Å². The third kappa shape index (κ3) is 2.90. The first-order valence-corrected chi connectivity index (χ1v) is 6.61. The van der Waals surface area contributed by atoms with Crippen LogP contribution in [0.2, 0.25) is 0 Å². The van der Waals surface area contributed by atoms with Crippen molar-refractivity contribution in [1.29, 1.82) is 0 Å². The van der Waals surface area contributed by atoms with E-state index in [9.17, 15) is 5.11 Å². The Labute approximate surface area is 107 Å². The van der Waals surface area contributed by atoms with Crippen LogP contribution in [0.3, 0.4) is 0 Å². The number of nitrogens with zero attached hydrogens (tertiary/aromatic N) is 1. The standard InChI is InChI=1S/C12H12BrNOS/c1-8-14-7-12(16-8)11(15)6-9-3-2-4-10(13)5-9/h2-5,7,11,15H,6H2,1H3. The Morgan fingerprint density at radius 1 is 1.50 bits per heavy atom. The average Bonchev–Trinajstić information content (AvgIpc) is 2.65. The summed E-state index contributed by atoms with van der Waals surface area (Å²) in [4.78, 5) is 5.07. The van der Waals surface area contributed by atoms with Crippen LogP contribution in [0.25, 0.3) is 0 Å². The van der Waals surface area contributed by atoms with Gasteiger partial charge in [-0.2, -0.15) is 0 Å². The lowest BCUT2D eigenvalue weighted by molar-refractivity contribution is 0.182. The van der Waals surface area contributed by atoms with Crippen molar-refractivity contribution in [2.75, 3.05) is 0 Å². The number of halogens is 1. The van der Waals surface area contributed by atoms with Crippen molar-refractivity contribution < 1.29 is 5.11 Å². The Balaban J connectivity index is 2.10. The third-order valence-corrected chi connectivity index (χ3v) is 3.79. The first kappa shape index (κ1) is 11.8. The molecule has 16 heavy (non-hydrogen) atoms. The quantitative estimate of drug-likeness (QED) is 0.941. The Bertz CT molecular complexity index is 483. The number of aromatic nitrogens is 1. The second-order valence-corrected chi connectivity index (χ2v) is 5.81. The van der Waals surface area contributed by atoms with Crippen molar-refractivity contribution in [3.8, 4) is 0 Å². The fraction of sp³-hybridized carbons (Fsp3) is 0.250.